The van der Waals surface area contributed by atoms with Crippen molar-refractivity contribution >= 4 is 11.8 Å². The number of carbonyl (C=O) groups excluding carboxylic acids is 2. The second-order valence-corrected chi connectivity index (χ2v) is 8.52. The van der Waals surface area contributed by atoms with E-state index in [9.17, 15) is 14.0 Å². The summed E-state index contributed by atoms with van der Waals surface area (Å²) >= 11 is 0. The number of aromatic amines is 1. The van der Waals surface area contributed by atoms with E-state index in [1.165, 1.54) is 6.07 Å². The van der Waals surface area contributed by atoms with Crippen molar-refractivity contribution in [2.45, 2.75) is 44.3 Å². The van der Waals surface area contributed by atoms with Crippen LogP contribution < -0.4 is 11.1 Å². The summed E-state index contributed by atoms with van der Waals surface area (Å²) in [6.07, 6.45) is 3.50. The summed E-state index contributed by atoms with van der Waals surface area (Å²) in [7, 11) is 0. The van der Waals surface area contributed by atoms with Gasteiger partial charge in [0.15, 0.2) is 0 Å². The number of H-pyrrole nitrogens is 1. The molecule has 6 nitrogen and oxygen atoms in total. The van der Waals surface area contributed by atoms with Crippen molar-refractivity contribution < 1.29 is 14.0 Å². The third-order valence-electron chi connectivity index (χ3n) is 6.20. The number of benzene rings is 2. The molecule has 1 fully saturated rings. The molecule has 4 rings (SSSR count). The van der Waals surface area contributed by atoms with Crippen molar-refractivity contribution in [1.82, 2.24) is 15.2 Å². The monoisotopic (exact) mass is 448 g/mol. The minimum atomic E-state index is -0.946. The maximum Gasteiger partial charge on any atom is 0.237 e. The number of amides is 2. The molecule has 0 spiro atoms. The normalized spacial score (nSPS) is 17.5. The number of halogens is 1. The summed E-state index contributed by atoms with van der Waals surface area (Å²) in [5.74, 6) is -0.817. The lowest BCUT2D eigenvalue weighted by Crippen LogP contribution is -2.45. The van der Waals surface area contributed by atoms with Crippen LogP contribution in [-0.4, -0.2) is 34.3 Å². The zero-order valence-electron chi connectivity index (χ0n) is 18.6. The topological polar surface area (TPSA) is 91.2 Å². The predicted octanol–water partition coefficient (Wildman–Crippen LogP) is 4.08. The first-order valence-corrected chi connectivity index (χ1v) is 11.3. The Hall–Kier alpha value is -3.45. The van der Waals surface area contributed by atoms with Crippen LogP contribution in [-0.2, 0) is 9.59 Å². The molecule has 0 aliphatic carbocycles. The Morgan fingerprint density at radius 2 is 1.91 bits per heavy atom. The fourth-order valence-electron chi connectivity index (χ4n) is 4.40. The molecule has 0 radical (unpaired) electrons. The van der Waals surface area contributed by atoms with E-state index in [2.05, 4.69) is 10.3 Å². The van der Waals surface area contributed by atoms with Gasteiger partial charge in [0, 0.05) is 29.6 Å². The number of hydrogen-bond donors (Lipinski definition) is 3. The molecule has 2 heterocycles. The average molecular weight is 449 g/mol. The fourth-order valence-corrected chi connectivity index (χ4v) is 4.40. The maximum absolute atomic E-state index is 14.1. The number of rotatable bonds is 7. The Bertz CT molecular complexity index is 1110. The molecule has 3 aromatic rings. The molecule has 7 heteroatoms. The molecule has 0 saturated carbocycles. The third kappa shape index (κ3) is 5.14. The summed E-state index contributed by atoms with van der Waals surface area (Å²) in [6.45, 7) is 2.49. The molecule has 1 aliphatic heterocycles. The SMILES string of the molecule is C[C@H](NC(=O)[C@@H](N)CC(=O)N1CCC[C@@H]1c1ccccc1)c1cc(-c2ccccc2F)c[nH]1. The Morgan fingerprint density at radius 3 is 2.67 bits per heavy atom. The van der Waals surface area contributed by atoms with Gasteiger partial charge in [0.1, 0.15) is 5.82 Å². The molecule has 172 valence electrons. The standard InChI is InChI=1S/C26H29FN4O2/c1-17(23-14-19(16-29-23)20-10-5-6-11-21(20)27)30-26(33)22(28)15-25(32)31-13-7-12-24(31)18-8-3-2-4-9-18/h2-6,8-11,14,16-17,22,24,29H,7,12-13,15,28H2,1H3,(H,30,33)/t17-,22-,24+/m0/s1. The molecule has 1 saturated heterocycles. The molecule has 3 atom stereocenters. The van der Waals surface area contributed by atoms with Crippen LogP contribution in [0.2, 0.25) is 0 Å². The van der Waals surface area contributed by atoms with Crippen molar-refractivity contribution in [1.29, 1.82) is 0 Å². The summed E-state index contributed by atoms with van der Waals surface area (Å²) in [6, 6.07) is 17.0. The zero-order valence-corrected chi connectivity index (χ0v) is 18.6. The first-order chi connectivity index (χ1) is 15.9. The highest BCUT2D eigenvalue weighted by atomic mass is 19.1. The van der Waals surface area contributed by atoms with Gasteiger partial charge in [0.05, 0.1) is 24.5 Å². The summed E-state index contributed by atoms with van der Waals surface area (Å²) in [4.78, 5) is 30.5. The smallest absolute Gasteiger partial charge is 0.237 e. The molecule has 1 aliphatic rings. The molecule has 2 aromatic carbocycles. The summed E-state index contributed by atoms with van der Waals surface area (Å²) in [5, 5.41) is 2.85. The largest absolute Gasteiger partial charge is 0.363 e. The quantitative estimate of drug-likeness (QED) is 0.509. The van der Waals surface area contributed by atoms with Crippen molar-refractivity contribution in [3.8, 4) is 11.1 Å². The van der Waals surface area contributed by atoms with Gasteiger partial charge in [-0.05, 0) is 37.5 Å². The van der Waals surface area contributed by atoms with E-state index in [1.54, 1.807) is 30.5 Å². The van der Waals surface area contributed by atoms with Crippen LogP contribution >= 0.6 is 0 Å². The van der Waals surface area contributed by atoms with Gasteiger partial charge in [-0.15, -0.1) is 0 Å². The van der Waals surface area contributed by atoms with Crippen LogP contribution in [0, 0.1) is 5.82 Å². The molecular formula is C26H29FN4O2. The van der Waals surface area contributed by atoms with Crippen molar-refractivity contribution in [3.63, 3.8) is 0 Å². The van der Waals surface area contributed by atoms with Gasteiger partial charge in [-0.2, -0.15) is 0 Å². The van der Waals surface area contributed by atoms with E-state index in [-0.39, 0.29) is 30.2 Å². The van der Waals surface area contributed by atoms with Gasteiger partial charge in [-0.1, -0.05) is 48.5 Å². The van der Waals surface area contributed by atoms with Crippen LogP contribution in [0.5, 0.6) is 0 Å². The van der Waals surface area contributed by atoms with E-state index >= 15 is 0 Å². The van der Waals surface area contributed by atoms with Gasteiger partial charge in [0.2, 0.25) is 11.8 Å². The number of carbonyl (C=O) groups is 2. The number of hydrogen-bond acceptors (Lipinski definition) is 3. The van der Waals surface area contributed by atoms with E-state index in [1.807, 2.05) is 42.2 Å². The maximum atomic E-state index is 14.1. The lowest BCUT2D eigenvalue weighted by atomic mass is 10.0. The molecule has 1 aromatic heterocycles. The van der Waals surface area contributed by atoms with Gasteiger partial charge in [-0.25, -0.2) is 4.39 Å². The fraction of sp³-hybridized carbons (Fsp3) is 0.308. The van der Waals surface area contributed by atoms with Crippen LogP contribution in [0.15, 0.2) is 66.9 Å². The number of aromatic nitrogens is 1. The lowest BCUT2D eigenvalue weighted by Gasteiger charge is -2.26. The summed E-state index contributed by atoms with van der Waals surface area (Å²) in [5.41, 5.74) is 9.11. The average Bonchev–Trinajstić information content (AvgIpc) is 3.50. The molecule has 0 unspecified atom stereocenters. The van der Waals surface area contributed by atoms with E-state index in [4.69, 9.17) is 5.73 Å². The van der Waals surface area contributed by atoms with Crippen molar-refractivity contribution in [2.24, 2.45) is 5.73 Å². The Kier molecular flexibility index (Phi) is 6.89. The van der Waals surface area contributed by atoms with Gasteiger partial charge in [0.25, 0.3) is 0 Å². The first-order valence-electron chi connectivity index (χ1n) is 11.3. The van der Waals surface area contributed by atoms with Gasteiger partial charge in [-0.3, -0.25) is 9.59 Å². The van der Waals surface area contributed by atoms with Crippen LogP contribution in [0.4, 0.5) is 4.39 Å². The number of nitrogens with zero attached hydrogens (tertiary/aromatic N) is 1. The van der Waals surface area contributed by atoms with Gasteiger partial charge < -0.3 is 20.9 Å². The van der Waals surface area contributed by atoms with Crippen LogP contribution in [0.25, 0.3) is 11.1 Å². The Labute approximate surface area is 193 Å². The molecule has 4 N–H and O–H groups in total. The highest BCUT2D eigenvalue weighted by Crippen LogP contribution is 2.32. The number of likely N-dealkylation sites (tertiary alicyclic amines) is 1. The lowest BCUT2D eigenvalue weighted by molar-refractivity contribution is -0.135. The third-order valence-corrected chi connectivity index (χ3v) is 6.20. The van der Waals surface area contributed by atoms with Gasteiger partial charge >= 0.3 is 0 Å². The molecule has 33 heavy (non-hydrogen) atoms. The summed E-state index contributed by atoms with van der Waals surface area (Å²) < 4.78 is 14.1. The highest BCUT2D eigenvalue weighted by molar-refractivity contribution is 5.88. The van der Waals surface area contributed by atoms with Crippen LogP contribution in [0.3, 0.4) is 0 Å². The van der Waals surface area contributed by atoms with E-state index in [0.717, 1.165) is 24.1 Å². The predicted molar refractivity (Wildman–Crippen MR) is 125 cm³/mol. The first kappa shape index (κ1) is 22.7. The minimum Gasteiger partial charge on any atom is -0.363 e. The second kappa shape index (κ2) is 10.0. The Balaban J connectivity index is 1.35. The number of nitrogens with two attached hydrogens (primary N) is 1. The molecule has 2 amide bonds. The zero-order chi connectivity index (χ0) is 23.4. The van der Waals surface area contributed by atoms with E-state index < -0.39 is 11.9 Å². The van der Waals surface area contributed by atoms with Crippen molar-refractivity contribution in [3.05, 3.63) is 83.9 Å². The second-order valence-electron chi connectivity index (χ2n) is 8.52. The minimum absolute atomic E-state index is 0.0311. The molecule has 0 bridgehead atoms. The molecular weight excluding hydrogens is 419 g/mol. The van der Waals surface area contributed by atoms with E-state index in [0.29, 0.717) is 17.7 Å². The highest BCUT2D eigenvalue weighted by Gasteiger charge is 2.31. The van der Waals surface area contributed by atoms with Crippen molar-refractivity contribution in [2.75, 3.05) is 6.54 Å². The Morgan fingerprint density at radius 1 is 1.18 bits per heavy atom. The number of nitrogens with one attached hydrogen (secondary N) is 2. The van der Waals surface area contributed by atoms with Crippen LogP contribution in [0.1, 0.15) is 49.5 Å².